The summed E-state index contributed by atoms with van der Waals surface area (Å²) in [7, 11) is 0. The molecule has 1 aromatic heterocycles. The van der Waals surface area contributed by atoms with Crippen LogP contribution >= 0.6 is 11.6 Å². The molecule has 10 heteroatoms. The molecule has 1 aromatic carbocycles. The second-order valence-corrected chi connectivity index (χ2v) is 9.16. The summed E-state index contributed by atoms with van der Waals surface area (Å²) in [4.78, 5) is 56.6. The number of carbonyl (C=O) groups excluding carboxylic acids is 2. The summed E-state index contributed by atoms with van der Waals surface area (Å²) in [6, 6.07) is 6.88. The Bertz CT molecular complexity index is 1160. The topological polar surface area (TPSA) is 121 Å². The van der Waals surface area contributed by atoms with Crippen molar-refractivity contribution in [3.05, 3.63) is 50.1 Å². The highest BCUT2D eigenvalue weighted by Gasteiger charge is 2.39. The van der Waals surface area contributed by atoms with Crippen LogP contribution in [-0.4, -0.2) is 34.5 Å². The molecule has 0 radical (unpaired) electrons. The smallest absolute Gasteiger partial charge is 0.330 e. The number of nitrogens with one attached hydrogen (secondary N) is 1. The van der Waals surface area contributed by atoms with E-state index in [1.54, 1.807) is 24.3 Å². The number of aromatic amines is 1. The number of H-pyrrole nitrogens is 1. The molecule has 0 bridgehead atoms. The highest BCUT2D eigenvalue weighted by Crippen LogP contribution is 2.30. The number of benzene rings is 1. The van der Waals surface area contributed by atoms with Crippen LogP contribution in [0, 0.1) is 11.8 Å². The van der Waals surface area contributed by atoms with Gasteiger partial charge in [0.25, 0.3) is 5.56 Å². The van der Waals surface area contributed by atoms with Crippen molar-refractivity contribution in [2.24, 2.45) is 11.8 Å². The van der Waals surface area contributed by atoms with Gasteiger partial charge >= 0.3 is 5.69 Å². The van der Waals surface area contributed by atoms with E-state index in [4.69, 9.17) is 17.3 Å². The van der Waals surface area contributed by atoms with Gasteiger partial charge in [0.05, 0.1) is 5.92 Å². The van der Waals surface area contributed by atoms with Crippen molar-refractivity contribution in [3.8, 4) is 0 Å². The van der Waals surface area contributed by atoms with Gasteiger partial charge < -0.3 is 15.5 Å². The predicted octanol–water partition coefficient (Wildman–Crippen LogP) is 2.61. The number of hydrogen-bond acceptors (Lipinski definition) is 5. The molecule has 0 spiro atoms. The second kappa shape index (κ2) is 10.2. The first-order valence-corrected chi connectivity index (χ1v) is 11.5. The molecular weight excluding hydrogens is 446 g/mol. The maximum atomic E-state index is 13.6. The highest BCUT2D eigenvalue weighted by atomic mass is 35.5. The van der Waals surface area contributed by atoms with E-state index >= 15 is 0 Å². The molecule has 0 aliphatic carbocycles. The van der Waals surface area contributed by atoms with Crippen LogP contribution in [0.15, 0.2) is 33.9 Å². The molecule has 1 aliphatic heterocycles. The lowest BCUT2D eigenvalue weighted by atomic mass is 10.1. The first-order chi connectivity index (χ1) is 15.6. The van der Waals surface area contributed by atoms with E-state index in [9.17, 15) is 19.2 Å². The molecule has 1 fully saturated rings. The minimum absolute atomic E-state index is 0.00717. The molecule has 178 valence electrons. The SMILES string of the molecule is CCCCn1c(N)c(N(CC(C)C)C(=O)C2CC(=O)N(c3cccc(Cl)c3)C2)c(=O)[nH]c1=O. The van der Waals surface area contributed by atoms with Gasteiger partial charge in [-0.1, -0.05) is 44.9 Å². The molecule has 2 heterocycles. The van der Waals surface area contributed by atoms with Gasteiger partial charge in [0.2, 0.25) is 11.8 Å². The van der Waals surface area contributed by atoms with Crippen molar-refractivity contribution in [2.75, 3.05) is 28.6 Å². The summed E-state index contributed by atoms with van der Waals surface area (Å²) < 4.78 is 1.29. The van der Waals surface area contributed by atoms with E-state index < -0.39 is 17.2 Å². The summed E-state index contributed by atoms with van der Waals surface area (Å²) in [6.07, 6.45) is 1.53. The van der Waals surface area contributed by atoms with Gasteiger partial charge in [-0.3, -0.25) is 23.9 Å². The van der Waals surface area contributed by atoms with E-state index in [1.165, 1.54) is 14.4 Å². The Labute approximate surface area is 197 Å². The molecule has 0 saturated carbocycles. The fourth-order valence-electron chi connectivity index (χ4n) is 4.02. The number of amides is 2. The Morgan fingerprint density at radius 3 is 2.67 bits per heavy atom. The zero-order chi connectivity index (χ0) is 24.3. The second-order valence-electron chi connectivity index (χ2n) is 8.73. The molecule has 2 amide bonds. The molecule has 9 nitrogen and oxygen atoms in total. The monoisotopic (exact) mass is 475 g/mol. The van der Waals surface area contributed by atoms with E-state index in [-0.39, 0.29) is 48.7 Å². The largest absolute Gasteiger partial charge is 0.383 e. The summed E-state index contributed by atoms with van der Waals surface area (Å²) in [5.74, 6) is -1.26. The van der Waals surface area contributed by atoms with Crippen LogP contribution in [-0.2, 0) is 16.1 Å². The van der Waals surface area contributed by atoms with E-state index in [1.807, 2.05) is 20.8 Å². The van der Waals surface area contributed by atoms with Gasteiger partial charge in [0.15, 0.2) is 5.69 Å². The normalized spacial score (nSPS) is 16.0. The molecule has 2 aromatic rings. The first kappa shape index (κ1) is 24.6. The molecule has 1 saturated heterocycles. The zero-order valence-corrected chi connectivity index (χ0v) is 19.9. The Balaban J connectivity index is 1.97. The van der Waals surface area contributed by atoms with Gasteiger partial charge in [-0.15, -0.1) is 0 Å². The van der Waals surface area contributed by atoms with Gasteiger partial charge in [-0.05, 0) is 30.5 Å². The summed E-state index contributed by atoms with van der Waals surface area (Å²) in [5, 5.41) is 0.491. The lowest BCUT2D eigenvalue weighted by Gasteiger charge is -2.28. The number of nitrogen functional groups attached to an aromatic ring is 1. The van der Waals surface area contributed by atoms with Crippen LogP contribution in [0.3, 0.4) is 0 Å². The maximum Gasteiger partial charge on any atom is 0.330 e. The van der Waals surface area contributed by atoms with Crippen molar-refractivity contribution < 1.29 is 9.59 Å². The number of aromatic nitrogens is 2. The summed E-state index contributed by atoms with van der Waals surface area (Å²) in [6.45, 7) is 6.52. The molecule has 1 aliphatic rings. The van der Waals surface area contributed by atoms with Crippen molar-refractivity contribution in [1.82, 2.24) is 9.55 Å². The fraction of sp³-hybridized carbons (Fsp3) is 0.478. The Morgan fingerprint density at radius 2 is 2.03 bits per heavy atom. The van der Waals surface area contributed by atoms with E-state index in [2.05, 4.69) is 4.98 Å². The maximum absolute atomic E-state index is 13.6. The minimum atomic E-state index is -0.713. The van der Waals surface area contributed by atoms with Gasteiger partial charge in [-0.2, -0.15) is 0 Å². The Hall–Kier alpha value is -3.07. The van der Waals surface area contributed by atoms with Crippen molar-refractivity contribution >= 4 is 40.6 Å². The fourth-order valence-corrected chi connectivity index (χ4v) is 4.20. The third kappa shape index (κ3) is 5.30. The average Bonchev–Trinajstić information content (AvgIpc) is 3.13. The van der Waals surface area contributed by atoms with Crippen LogP contribution in [0.1, 0.15) is 40.0 Å². The van der Waals surface area contributed by atoms with Crippen molar-refractivity contribution in [1.29, 1.82) is 0 Å². The van der Waals surface area contributed by atoms with Crippen LogP contribution in [0.5, 0.6) is 0 Å². The number of nitrogens with two attached hydrogens (primary N) is 1. The molecule has 33 heavy (non-hydrogen) atoms. The third-order valence-corrected chi connectivity index (χ3v) is 5.86. The van der Waals surface area contributed by atoms with Crippen LogP contribution in [0.25, 0.3) is 0 Å². The Morgan fingerprint density at radius 1 is 1.30 bits per heavy atom. The average molecular weight is 476 g/mol. The quantitative estimate of drug-likeness (QED) is 0.607. The van der Waals surface area contributed by atoms with E-state index in [0.29, 0.717) is 23.7 Å². The molecular formula is C23H30ClN5O4. The standard InChI is InChI=1S/C23H30ClN5O4/c1-4-5-9-27-20(25)19(21(31)26-23(27)33)29(12-14(2)3)22(32)15-10-18(30)28(13-15)17-8-6-7-16(24)11-17/h6-8,11,14-15H,4-5,9-10,12-13,25H2,1-3H3,(H,26,31,33). The number of halogens is 1. The lowest BCUT2D eigenvalue weighted by molar-refractivity contribution is -0.124. The van der Waals surface area contributed by atoms with Crippen molar-refractivity contribution in [3.63, 3.8) is 0 Å². The van der Waals surface area contributed by atoms with Gasteiger partial charge in [-0.25, -0.2) is 4.79 Å². The van der Waals surface area contributed by atoms with Crippen LogP contribution in [0.4, 0.5) is 17.2 Å². The van der Waals surface area contributed by atoms with E-state index in [0.717, 1.165) is 6.42 Å². The molecule has 3 N–H and O–H groups in total. The van der Waals surface area contributed by atoms with Gasteiger partial charge in [0, 0.05) is 36.8 Å². The number of hydrogen-bond donors (Lipinski definition) is 2. The first-order valence-electron chi connectivity index (χ1n) is 11.1. The number of carbonyl (C=O) groups is 2. The third-order valence-electron chi connectivity index (χ3n) is 5.63. The summed E-state index contributed by atoms with van der Waals surface area (Å²) in [5.41, 5.74) is 5.51. The number of rotatable bonds is 8. The molecule has 1 atom stereocenters. The Kier molecular flexibility index (Phi) is 7.63. The number of nitrogens with zero attached hydrogens (tertiary/aromatic N) is 3. The van der Waals surface area contributed by atoms with Gasteiger partial charge in [0.1, 0.15) is 5.82 Å². The number of unbranched alkanes of at least 4 members (excludes halogenated alkanes) is 1. The summed E-state index contributed by atoms with van der Waals surface area (Å²) >= 11 is 6.06. The molecule has 1 unspecified atom stereocenters. The number of anilines is 3. The van der Waals surface area contributed by atoms with Crippen LogP contribution in [0.2, 0.25) is 5.02 Å². The lowest BCUT2D eigenvalue weighted by Crippen LogP contribution is -2.45. The van der Waals surface area contributed by atoms with Crippen molar-refractivity contribution in [2.45, 2.75) is 46.6 Å². The predicted molar refractivity (Wildman–Crippen MR) is 130 cm³/mol. The molecule has 3 rings (SSSR count). The minimum Gasteiger partial charge on any atom is -0.383 e. The van der Waals surface area contributed by atoms with Crippen LogP contribution < -0.4 is 26.8 Å². The highest BCUT2D eigenvalue weighted by molar-refractivity contribution is 6.31. The zero-order valence-electron chi connectivity index (χ0n) is 19.1.